The third-order valence-electron chi connectivity index (χ3n) is 5.02. The monoisotopic (exact) mass is 481 g/mol. The number of rotatable bonds is 5. The molecule has 158 valence electrons. The number of halogens is 1. The highest BCUT2D eigenvalue weighted by atomic mass is 79.9. The molecule has 2 heterocycles. The summed E-state index contributed by atoms with van der Waals surface area (Å²) in [5.74, 6) is -0.0724. The molecule has 0 spiro atoms. The second-order valence-electron chi connectivity index (χ2n) is 7.05. The van der Waals surface area contributed by atoms with Crippen molar-refractivity contribution in [2.24, 2.45) is 0 Å². The molecule has 0 saturated carbocycles. The Bertz CT molecular complexity index is 1160. The van der Waals surface area contributed by atoms with E-state index in [0.717, 1.165) is 4.47 Å². The molecular formula is C24H20BrNO5. The molecule has 0 aliphatic carbocycles. The average molecular weight is 482 g/mol. The molecular weight excluding hydrogens is 462 g/mol. The molecule has 4 rings (SSSR count). The van der Waals surface area contributed by atoms with Crippen molar-refractivity contribution >= 4 is 39.1 Å². The van der Waals surface area contributed by atoms with Gasteiger partial charge in [0.1, 0.15) is 29.1 Å². The first-order chi connectivity index (χ1) is 14.9. The number of carbonyl (C=O) groups excluding carboxylic acids is 2. The molecule has 0 bridgehead atoms. The van der Waals surface area contributed by atoms with Crippen molar-refractivity contribution in [2.45, 2.75) is 19.9 Å². The van der Waals surface area contributed by atoms with E-state index in [9.17, 15) is 14.7 Å². The predicted molar refractivity (Wildman–Crippen MR) is 120 cm³/mol. The van der Waals surface area contributed by atoms with E-state index >= 15 is 0 Å². The van der Waals surface area contributed by atoms with Gasteiger partial charge < -0.3 is 14.3 Å². The highest BCUT2D eigenvalue weighted by Crippen LogP contribution is 2.43. The number of hydrogen-bond donors (Lipinski definition) is 1. The molecule has 2 aromatic carbocycles. The van der Waals surface area contributed by atoms with E-state index < -0.39 is 17.7 Å². The largest absolute Gasteiger partial charge is 0.507 e. The van der Waals surface area contributed by atoms with Crippen LogP contribution in [0, 0.1) is 6.92 Å². The van der Waals surface area contributed by atoms with Crippen molar-refractivity contribution in [1.82, 2.24) is 0 Å². The number of benzene rings is 2. The summed E-state index contributed by atoms with van der Waals surface area (Å²) in [6.07, 6.45) is 0. The van der Waals surface area contributed by atoms with E-state index in [0.29, 0.717) is 35.1 Å². The number of Topliss-reactive ketones (excluding diaryl/α,β-unsaturated/α-hetero) is 1. The molecule has 31 heavy (non-hydrogen) atoms. The molecule has 1 aromatic heterocycles. The number of aliphatic hydroxyl groups is 1. The Labute approximate surface area is 187 Å². The van der Waals surface area contributed by atoms with E-state index in [1.54, 1.807) is 67.6 Å². The van der Waals surface area contributed by atoms with Crippen LogP contribution < -0.4 is 9.64 Å². The molecule has 1 aliphatic rings. The Kier molecular flexibility index (Phi) is 5.69. The van der Waals surface area contributed by atoms with Gasteiger partial charge in [-0.05, 0) is 62.4 Å². The third kappa shape index (κ3) is 3.88. The maximum atomic E-state index is 13.1. The summed E-state index contributed by atoms with van der Waals surface area (Å²) in [4.78, 5) is 27.5. The zero-order valence-corrected chi connectivity index (χ0v) is 18.5. The first-order valence-corrected chi connectivity index (χ1v) is 10.6. The fraction of sp³-hybridized carbons (Fsp3) is 0.167. The number of nitrogens with zero attached hydrogens (tertiary/aromatic N) is 1. The van der Waals surface area contributed by atoms with Gasteiger partial charge in [-0.1, -0.05) is 28.1 Å². The normalized spacial score (nSPS) is 17.9. The Morgan fingerprint density at radius 1 is 1.06 bits per heavy atom. The van der Waals surface area contributed by atoms with E-state index in [1.807, 2.05) is 6.92 Å². The maximum Gasteiger partial charge on any atom is 0.300 e. The van der Waals surface area contributed by atoms with E-state index in [4.69, 9.17) is 9.15 Å². The van der Waals surface area contributed by atoms with Crippen LogP contribution in [0.3, 0.4) is 0 Å². The van der Waals surface area contributed by atoms with Crippen LogP contribution in [0.4, 0.5) is 5.69 Å². The quantitative estimate of drug-likeness (QED) is 0.300. The molecule has 1 N–H and O–H groups in total. The minimum atomic E-state index is -0.893. The number of anilines is 1. The molecule has 1 aliphatic heterocycles. The lowest BCUT2D eigenvalue weighted by molar-refractivity contribution is -0.132. The van der Waals surface area contributed by atoms with Crippen LogP contribution in [0.2, 0.25) is 0 Å². The third-order valence-corrected chi connectivity index (χ3v) is 5.55. The van der Waals surface area contributed by atoms with Gasteiger partial charge in [0.15, 0.2) is 0 Å². The molecule has 1 amide bonds. The van der Waals surface area contributed by atoms with E-state index in [1.165, 1.54) is 4.90 Å². The topological polar surface area (TPSA) is 80.0 Å². The van der Waals surface area contributed by atoms with Crippen LogP contribution in [0.15, 0.2) is 75.1 Å². The summed E-state index contributed by atoms with van der Waals surface area (Å²) < 4.78 is 12.1. The number of furan rings is 1. The van der Waals surface area contributed by atoms with Crippen LogP contribution in [-0.4, -0.2) is 23.4 Å². The van der Waals surface area contributed by atoms with E-state index in [2.05, 4.69) is 15.9 Å². The molecule has 3 aromatic rings. The van der Waals surface area contributed by atoms with Crippen LogP contribution >= 0.6 is 15.9 Å². The smallest absolute Gasteiger partial charge is 0.300 e. The molecule has 1 unspecified atom stereocenters. The van der Waals surface area contributed by atoms with Crippen molar-refractivity contribution in [3.63, 3.8) is 0 Å². The number of carbonyl (C=O) groups is 2. The number of hydrogen-bond acceptors (Lipinski definition) is 5. The molecule has 0 radical (unpaired) electrons. The van der Waals surface area contributed by atoms with Gasteiger partial charge in [-0.3, -0.25) is 14.5 Å². The van der Waals surface area contributed by atoms with Gasteiger partial charge in [0.25, 0.3) is 11.7 Å². The standard InChI is InChI=1S/C24H20BrNO5/c1-3-30-18-11-9-17(10-12-18)26-21(19-13-4-14(2)31-19)20(23(28)24(26)29)22(27)15-5-7-16(25)8-6-15/h4-13,21,27H,3H2,1-2H3/b22-20-. The second-order valence-corrected chi connectivity index (χ2v) is 7.97. The first kappa shape index (κ1) is 20.9. The second kappa shape index (κ2) is 8.43. The first-order valence-electron chi connectivity index (χ1n) is 9.77. The van der Waals surface area contributed by atoms with Crippen molar-refractivity contribution < 1.29 is 23.8 Å². The zero-order valence-electron chi connectivity index (χ0n) is 17.0. The van der Waals surface area contributed by atoms with Gasteiger partial charge >= 0.3 is 0 Å². The van der Waals surface area contributed by atoms with E-state index in [-0.39, 0.29) is 11.3 Å². The van der Waals surface area contributed by atoms with Gasteiger partial charge in [0, 0.05) is 15.7 Å². The van der Waals surface area contributed by atoms with Crippen molar-refractivity contribution in [3.8, 4) is 5.75 Å². The number of ether oxygens (including phenoxy) is 1. The summed E-state index contributed by atoms with van der Waals surface area (Å²) in [6.45, 7) is 4.18. The fourth-order valence-electron chi connectivity index (χ4n) is 3.60. The average Bonchev–Trinajstić information content (AvgIpc) is 3.30. The fourth-order valence-corrected chi connectivity index (χ4v) is 3.87. The Morgan fingerprint density at radius 2 is 1.74 bits per heavy atom. The number of aliphatic hydroxyl groups excluding tert-OH is 1. The van der Waals surface area contributed by atoms with Crippen molar-refractivity contribution in [3.05, 3.63) is 87.8 Å². The molecule has 7 heteroatoms. The zero-order chi connectivity index (χ0) is 22.1. The minimum Gasteiger partial charge on any atom is -0.507 e. The van der Waals surface area contributed by atoms with Gasteiger partial charge in [-0.25, -0.2) is 0 Å². The minimum absolute atomic E-state index is 0.0180. The summed E-state index contributed by atoms with van der Waals surface area (Å²) in [6, 6.07) is 16.3. The van der Waals surface area contributed by atoms with Crippen LogP contribution in [-0.2, 0) is 9.59 Å². The SMILES string of the molecule is CCOc1ccc(N2C(=O)C(=O)/C(=C(\O)c3ccc(Br)cc3)C2c2ccc(C)o2)cc1. The lowest BCUT2D eigenvalue weighted by atomic mass is 9.99. The van der Waals surface area contributed by atoms with Gasteiger partial charge in [0.2, 0.25) is 0 Å². The van der Waals surface area contributed by atoms with Crippen molar-refractivity contribution in [2.75, 3.05) is 11.5 Å². The van der Waals surface area contributed by atoms with Gasteiger partial charge in [-0.15, -0.1) is 0 Å². The summed E-state index contributed by atoms with van der Waals surface area (Å²) in [7, 11) is 0. The lowest BCUT2D eigenvalue weighted by Crippen LogP contribution is -2.29. The highest BCUT2D eigenvalue weighted by Gasteiger charge is 2.48. The molecule has 1 saturated heterocycles. The Balaban J connectivity index is 1.87. The number of amides is 1. The van der Waals surface area contributed by atoms with Gasteiger partial charge in [0.05, 0.1) is 12.2 Å². The van der Waals surface area contributed by atoms with Gasteiger partial charge in [-0.2, -0.15) is 0 Å². The Hall–Kier alpha value is -3.32. The highest BCUT2D eigenvalue weighted by molar-refractivity contribution is 9.10. The molecule has 6 nitrogen and oxygen atoms in total. The molecule has 1 fully saturated rings. The van der Waals surface area contributed by atoms with Crippen molar-refractivity contribution in [1.29, 1.82) is 0 Å². The van der Waals surface area contributed by atoms with Crippen LogP contribution in [0.25, 0.3) is 5.76 Å². The summed E-state index contributed by atoms with van der Waals surface area (Å²) in [5.41, 5.74) is 0.913. The maximum absolute atomic E-state index is 13.1. The van der Waals surface area contributed by atoms with Crippen LogP contribution in [0.1, 0.15) is 30.0 Å². The number of ketones is 1. The predicted octanol–water partition coefficient (Wildman–Crippen LogP) is 5.38. The summed E-state index contributed by atoms with van der Waals surface area (Å²) >= 11 is 3.36. The number of aryl methyl sites for hydroxylation is 1. The molecule has 1 atom stereocenters. The van der Waals surface area contributed by atoms with Crippen LogP contribution in [0.5, 0.6) is 5.75 Å². The lowest BCUT2D eigenvalue weighted by Gasteiger charge is -2.23. The summed E-state index contributed by atoms with van der Waals surface area (Å²) in [5, 5.41) is 11.0. The Morgan fingerprint density at radius 3 is 2.32 bits per heavy atom.